The number of hydrogen-bond donors (Lipinski definition) is 2. The Balaban J connectivity index is 1.40. The number of hydrogen-bond acceptors (Lipinski definition) is 4. The molecule has 0 atom stereocenters. The van der Waals surface area contributed by atoms with Crippen LogP contribution in [0.4, 0.5) is 5.69 Å². The summed E-state index contributed by atoms with van der Waals surface area (Å²) in [5, 5.41) is 4.70. The van der Waals surface area contributed by atoms with Gasteiger partial charge in [0.2, 0.25) is 0 Å². The summed E-state index contributed by atoms with van der Waals surface area (Å²) in [4.78, 5) is 12.4. The van der Waals surface area contributed by atoms with Crippen molar-refractivity contribution < 1.29 is 0 Å². The van der Waals surface area contributed by atoms with Crippen LogP contribution in [0, 0.1) is 0 Å². The van der Waals surface area contributed by atoms with Crippen molar-refractivity contribution in [3.63, 3.8) is 0 Å². The fourth-order valence-corrected chi connectivity index (χ4v) is 3.91. The summed E-state index contributed by atoms with van der Waals surface area (Å²) in [6.07, 6.45) is 3.79. The van der Waals surface area contributed by atoms with E-state index in [2.05, 4.69) is 78.4 Å². The quantitative estimate of drug-likeness (QED) is 0.669. The minimum absolute atomic E-state index is 0.779. The highest BCUT2D eigenvalue weighted by atomic mass is 79.9. The van der Waals surface area contributed by atoms with Crippen molar-refractivity contribution in [3.05, 3.63) is 58.3 Å². The van der Waals surface area contributed by atoms with Crippen molar-refractivity contribution in [2.24, 2.45) is 0 Å². The SMILES string of the molecule is CN1CCN(Cc2ccc(NCc3ccnc4[nH]ccc34)cc2Br)CC1. The lowest BCUT2D eigenvalue weighted by molar-refractivity contribution is 0.148. The number of benzene rings is 1. The molecular formula is C20H24BrN5. The normalized spacial score (nSPS) is 16.2. The second-order valence-electron chi connectivity index (χ2n) is 6.95. The Hall–Kier alpha value is -1.89. The topological polar surface area (TPSA) is 47.2 Å². The van der Waals surface area contributed by atoms with Gasteiger partial charge in [0.1, 0.15) is 5.65 Å². The van der Waals surface area contributed by atoms with Gasteiger partial charge in [-0.15, -0.1) is 0 Å². The molecule has 0 spiro atoms. The van der Waals surface area contributed by atoms with Gasteiger partial charge in [0, 0.05) is 67.2 Å². The molecule has 26 heavy (non-hydrogen) atoms. The smallest absolute Gasteiger partial charge is 0.137 e. The van der Waals surface area contributed by atoms with Crippen LogP contribution >= 0.6 is 15.9 Å². The molecule has 4 rings (SSSR count). The molecule has 5 nitrogen and oxygen atoms in total. The average Bonchev–Trinajstić information content (AvgIpc) is 3.13. The first-order valence-corrected chi connectivity index (χ1v) is 9.82. The number of aromatic amines is 1. The second-order valence-corrected chi connectivity index (χ2v) is 7.80. The number of anilines is 1. The van der Waals surface area contributed by atoms with Crippen molar-refractivity contribution in [1.29, 1.82) is 0 Å². The van der Waals surface area contributed by atoms with E-state index < -0.39 is 0 Å². The van der Waals surface area contributed by atoms with Crippen molar-refractivity contribution in [2.45, 2.75) is 13.1 Å². The van der Waals surface area contributed by atoms with Gasteiger partial charge in [-0.2, -0.15) is 0 Å². The van der Waals surface area contributed by atoms with Crippen LogP contribution in [0.3, 0.4) is 0 Å². The Morgan fingerprint density at radius 2 is 1.96 bits per heavy atom. The van der Waals surface area contributed by atoms with Crippen LogP contribution in [0.1, 0.15) is 11.1 Å². The molecule has 2 aromatic heterocycles. The molecule has 3 aromatic rings. The number of piperazine rings is 1. The standard InChI is InChI=1S/C20H24BrN5/c1-25-8-10-26(11-9-25)14-16-2-3-17(12-19(16)21)24-13-15-4-6-22-20-18(15)5-7-23-20/h2-7,12,24H,8-11,13-14H2,1H3,(H,22,23). The lowest BCUT2D eigenvalue weighted by atomic mass is 10.1. The Morgan fingerprint density at radius 1 is 1.12 bits per heavy atom. The molecule has 2 N–H and O–H groups in total. The number of pyridine rings is 1. The molecule has 3 heterocycles. The third-order valence-electron chi connectivity index (χ3n) is 5.08. The van der Waals surface area contributed by atoms with E-state index in [1.807, 2.05) is 12.4 Å². The van der Waals surface area contributed by atoms with Crippen LogP contribution in [0.15, 0.2) is 47.2 Å². The molecule has 136 valence electrons. The largest absolute Gasteiger partial charge is 0.381 e. The van der Waals surface area contributed by atoms with Crippen molar-refractivity contribution in [1.82, 2.24) is 19.8 Å². The van der Waals surface area contributed by atoms with Crippen molar-refractivity contribution in [2.75, 3.05) is 38.5 Å². The van der Waals surface area contributed by atoms with Crippen LogP contribution in [0.25, 0.3) is 11.0 Å². The number of halogens is 1. The van der Waals surface area contributed by atoms with Crippen LogP contribution in [-0.4, -0.2) is 53.0 Å². The van der Waals surface area contributed by atoms with E-state index in [1.165, 1.54) is 21.0 Å². The monoisotopic (exact) mass is 413 g/mol. The summed E-state index contributed by atoms with van der Waals surface area (Å²) in [5.74, 6) is 0. The van der Waals surface area contributed by atoms with Gasteiger partial charge in [-0.3, -0.25) is 4.90 Å². The van der Waals surface area contributed by atoms with Gasteiger partial charge in [0.05, 0.1) is 0 Å². The summed E-state index contributed by atoms with van der Waals surface area (Å²) in [7, 11) is 2.19. The zero-order valence-electron chi connectivity index (χ0n) is 15.0. The molecule has 1 aliphatic heterocycles. The number of rotatable bonds is 5. The van der Waals surface area contributed by atoms with Crippen LogP contribution in [-0.2, 0) is 13.1 Å². The predicted molar refractivity (Wildman–Crippen MR) is 110 cm³/mol. The first-order valence-electron chi connectivity index (χ1n) is 9.03. The van der Waals surface area contributed by atoms with Crippen LogP contribution < -0.4 is 5.32 Å². The highest BCUT2D eigenvalue weighted by Crippen LogP contribution is 2.24. The maximum atomic E-state index is 4.34. The Morgan fingerprint density at radius 3 is 2.77 bits per heavy atom. The van der Waals surface area contributed by atoms with Gasteiger partial charge in [-0.05, 0) is 42.4 Å². The van der Waals surface area contributed by atoms with E-state index in [-0.39, 0.29) is 0 Å². The highest BCUT2D eigenvalue weighted by Gasteiger charge is 2.15. The molecule has 0 bridgehead atoms. The van der Waals surface area contributed by atoms with Gasteiger partial charge >= 0.3 is 0 Å². The molecule has 1 aromatic carbocycles. The lowest BCUT2D eigenvalue weighted by Gasteiger charge is -2.32. The van der Waals surface area contributed by atoms with Crippen LogP contribution in [0.5, 0.6) is 0 Å². The van der Waals surface area contributed by atoms with E-state index in [1.54, 1.807) is 0 Å². The summed E-state index contributed by atoms with van der Waals surface area (Å²) < 4.78 is 1.17. The fourth-order valence-electron chi connectivity index (χ4n) is 3.40. The highest BCUT2D eigenvalue weighted by molar-refractivity contribution is 9.10. The number of fused-ring (bicyclic) bond motifs is 1. The Kier molecular flexibility index (Phi) is 5.24. The van der Waals surface area contributed by atoms with E-state index in [0.29, 0.717) is 0 Å². The lowest BCUT2D eigenvalue weighted by Crippen LogP contribution is -2.43. The third kappa shape index (κ3) is 3.92. The molecule has 0 radical (unpaired) electrons. The molecule has 1 aliphatic rings. The number of H-pyrrole nitrogens is 1. The average molecular weight is 414 g/mol. The first kappa shape index (κ1) is 17.5. The molecular weight excluding hydrogens is 390 g/mol. The fraction of sp³-hybridized carbons (Fsp3) is 0.350. The van der Waals surface area contributed by atoms with E-state index in [9.17, 15) is 0 Å². The minimum Gasteiger partial charge on any atom is -0.381 e. The molecule has 0 amide bonds. The van der Waals surface area contributed by atoms with Gasteiger partial charge < -0.3 is 15.2 Å². The summed E-state index contributed by atoms with van der Waals surface area (Å²) in [5.41, 5.74) is 4.65. The van der Waals surface area contributed by atoms with E-state index in [4.69, 9.17) is 0 Å². The number of nitrogens with one attached hydrogen (secondary N) is 2. The molecule has 0 aliphatic carbocycles. The summed E-state index contributed by atoms with van der Waals surface area (Å²) >= 11 is 3.75. The van der Waals surface area contributed by atoms with Gasteiger partial charge in [-0.25, -0.2) is 4.98 Å². The van der Waals surface area contributed by atoms with Gasteiger partial charge in [0.25, 0.3) is 0 Å². The predicted octanol–water partition coefficient (Wildman–Crippen LogP) is 3.68. The Labute approximate surface area is 162 Å². The minimum atomic E-state index is 0.779. The molecule has 0 unspecified atom stereocenters. The number of nitrogens with zero attached hydrogens (tertiary/aromatic N) is 3. The van der Waals surface area contributed by atoms with Gasteiger partial charge in [-0.1, -0.05) is 22.0 Å². The van der Waals surface area contributed by atoms with E-state index >= 15 is 0 Å². The summed E-state index contributed by atoms with van der Waals surface area (Å²) in [6.45, 7) is 6.35. The van der Waals surface area contributed by atoms with Crippen LogP contribution in [0.2, 0.25) is 0 Å². The maximum absolute atomic E-state index is 4.34. The zero-order chi connectivity index (χ0) is 17.9. The maximum Gasteiger partial charge on any atom is 0.137 e. The molecule has 1 fully saturated rings. The van der Waals surface area contributed by atoms with Gasteiger partial charge in [0.15, 0.2) is 0 Å². The van der Waals surface area contributed by atoms with Crippen molar-refractivity contribution >= 4 is 32.7 Å². The third-order valence-corrected chi connectivity index (χ3v) is 5.81. The number of aromatic nitrogens is 2. The summed E-state index contributed by atoms with van der Waals surface area (Å²) in [6, 6.07) is 10.7. The Bertz CT molecular complexity index is 883. The first-order chi connectivity index (χ1) is 12.7. The number of likely N-dealkylation sites (N-methyl/N-ethyl adjacent to an activating group) is 1. The van der Waals surface area contributed by atoms with E-state index in [0.717, 1.165) is 50.6 Å². The van der Waals surface area contributed by atoms with Crippen molar-refractivity contribution in [3.8, 4) is 0 Å². The molecule has 1 saturated heterocycles. The molecule has 6 heteroatoms. The second kappa shape index (κ2) is 7.78. The zero-order valence-corrected chi connectivity index (χ0v) is 16.6. The molecule has 0 saturated carbocycles.